The number of carbonyl (C=O) groups is 1. The Morgan fingerprint density at radius 3 is 3.04 bits per heavy atom. The average Bonchev–Trinajstić information content (AvgIpc) is 3.13. The summed E-state index contributed by atoms with van der Waals surface area (Å²) >= 11 is 0. The van der Waals surface area contributed by atoms with Gasteiger partial charge in [-0.05, 0) is 26.3 Å². The van der Waals surface area contributed by atoms with Crippen molar-refractivity contribution in [3.63, 3.8) is 0 Å². The van der Waals surface area contributed by atoms with Crippen LogP contribution in [0, 0.1) is 0 Å². The van der Waals surface area contributed by atoms with Crippen molar-refractivity contribution in [3.05, 3.63) is 34.3 Å². The molecule has 25 heavy (non-hydrogen) atoms. The van der Waals surface area contributed by atoms with E-state index in [-0.39, 0.29) is 29.5 Å². The van der Waals surface area contributed by atoms with Gasteiger partial charge in [-0.25, -0.2) is 4.98 Å². The molecule has 3 heterocycles. The quantitative estimate of drug-likeness (QED) is 0.826. The van der Waals surface area contributed by atoms with Gasteiger partial charge in [-0.15, -0.1) is 0 Å². The zero-order chi connectivity index (χ0) is 17.8. The molecule has 1 amide bonds. The van der Waals surface area contributed by atoms with Crippen LogP contribution in [0.3, 0.4) is 0 Å². The van der Waals surface area contributed by atoms with E-state index in [2.05, 4.69) is 20.8 Å². The van der Waals surface area contributed by atoms with Crippen LogP contribution < -0.4 is 20.9 Å². The van der Waals surface area contributed by atoms with Crippen molar-refractivity contribution in [1.29, 1.82) is 0 Å². The molecule has 9 heteroatoms. The monoisotopic (exact) mass is 347 g/mol. The van der Waals surface area contributed by atoms with Gasteiger partial charge in [-0.2, -0.15) is 0 Å². The van der Waals surface area contributed by atoms with E-state index in [1.807, 2.05) is 0 Å². The summed E-state index contributed by atoms with van der Waals surface area (Å²) < 4.78 is 11.6. The number of anilines is 1. The summed E-state index contributed by atoms with van der Waals surface area (Å²) in [6.45, 7) is 3.68. The van der Waals surface area contributed by atoms with Crippen molar-refractivity contribution < 1.29 is 14.1 Å². The van der Waals surface area contributed by atoms with E-state index in [4.69, 9.17) is 9.26 Å². The second-order valence-corrected chi connectivity index (χ2v) is 5.86. The molecular formula is C16H21N5O4. The van der Waals surface area contributed by atoms with E-state index >= 15 is 0 Å². The number of nitrogens with zero attached hydrogens (tertiary/aromatic N) is 3. The molecule has 1 aliphatic heterocycles. The van der Waals surface area contributed by atoms with E-state index in [1.165, 1.54) is 17.0 Å². The maximum Gasteiger partial charge on any atom is 0.296 e. The van der Waals surface area contributed by atoms with Crippen molar-refractivity contribution in [2.45, 2.75) is 25.7 Å². The lowest BCUT2D eigenvalue weighted by Gasteiger charge is -2.24. The Bertz CT molecular complexity index is 794. The standard InChI is InChI=1S/C16H21N5O4/c1-3-24-13-12(15(22)19-11-8-18-25-9-11)20-14(21(2)16(13)23)10-5-4-6-17-7-10/h8-10,17H,3-7H2,1-2H3,(H,19,22)/t10-/m0/s1. The highest BCUT2D eigenvalue weighted by Crippen LogP contribution is 2.23. The maximum atomic E-state index is 12.7. The van der Waals surface area contributed by atoms with Gasteiger partial charge in [0.2, 0.25) is 5.75 Å². The van der Waals surface area contributed by atoms with E-state index in [9.17, 15) is 9.59 Å². The highest BCUT2D eigenvalue weighted by Gasteiger charge is 2.26. The minimum absolute atomic E-state index is 0.0216. The number of amides is 1. The molecule has 9 nitrogen and oxygen atoms in total. The molecule has 1 aliphatic rings. The third-order valence-electron chi connectivity index (χ3n) is 4.14. The van der Waals surface area contributed by atoms with E-state index < -0.39 is 5.91 Å². The van der Waals surface area contributed by atoms with Crippen molar-refractivity contribution >= 4 is 11.6 Å². The normalized spacial score (nSPS) is 17.3. The lowest BCUT2D eigenvalue weighted by atomic mass is 9.98. The molecule has 1 atom stereocenters. The van der Waals surface area contributed by atoms with Crippen LogP contribution in [0.5, 0.6) is 5.75 Å². The molecule has 1 saturated heterocycles. The Hall–Kier alpha value is -2.68. The fourth-order valence-electron chi connectivity index (χ4n) is 2.92. The maximum absolute atomic E-state index is 12.7. The molecule has 0 unspecified atom stereocenters. The minimum Gasteiger partial charge on any atom is -0.486 e. The van der Waals surface area contributed by atoms with Gasteiger partial charge in [0.25, 0.3) is 11.5 Å². The van der Waals surface area contributed by atoms with Gasteiger partial charge in [0.05, 0.1) is 12.8 Å². The molecule has 0 bridgehead atoms. The highest BCUT2D eigenvalue weighted by atomic mass is 16.5. The van der Waals surface area contributed by atoms with Crippen LogP contribution in [-0.4, -0.2) is 40.3 Å². The average molecular weight is 347 g/mol. The number of hydrogen-bond acceptors (Lipinski definition) is 7. The van der Waals surface area contributed by atoms with Gasteiger partial charge in [0, 0.05) is 19.5 Å². The summed E-state index contributed by atoms with van der Waals surface area (Å²) in [7, 11) is 1.66. The summed E-state index contributed by atoms with van der Waals surface area (Å²) in [6, 6.07) is 0. The van der Waals surface area contributed by atoms with E-state index in [0.717, 1.165) is 25.9 Å². The minimum atomic E-state index is -0.533. The Balaban J connectivity index is 2.02. The number of hydrogen-bond donors (Lipinski definition) is 2. The topological polar surface area (TPSA) is 111 Å². The molecule has 0 aliphatic carbocycles. The fourth-order valence-corrected chi connectivity index (χ4v) is 2.92. The van der Waals surface area contributed by atoms with E-state index in [1.54, 1.807) is 14.0 Å². The largest absolute Gasteiger partial charge is 0.486 e. The van der Waals surface area contributed by atoms with Gasteiger partial charge < -0.3 is 19.9 Å². The predicted octanol–water partition coefficient (Wildman–Crippen LogP) is 0.886. The second kappa shape index (κ2) is 7.47. The van der Waals surface area contributed by atoms with Gasteiger partial charge >= 0.3 is 0 Å². The summed E-state index contributed by atoms with van der Waals surface area (Å²) in [5, 5.41) is 9.44. The van der Waals surface area contributed by atoms with Crippen LogP contribution in [0.2, 0.25) is 0 Å². The summed E-state index contributed by atoms with van der Waals surface area (Å²) in [6.07, 6.45) is 4.57. The molecule has 2 aromatic rings. The number of carbonyl (C=O) groups excluding carboxylic acids is 1. The third-order valence-corrected chi connectivity index (χ3v) is 4.14. The Morgan fingerprint density at radius 1 is 1.56 bits per heavy atom. The lowest BCUT2D eigenvalue weighted by Crippen LogP contribution is -2.35. The molecule has 2 N–H and O–H groups in total. The zero-order valence-electron chi connectivity index (χ0n) is 14.2. The van der Waals surface area contributed by atoms with Gasteiger partial charge in [0.15, 0.2) is 5.69 Å². The molecule has 1 fully saturated rings. The van der Waals surface area contributed by atoms with Crippen LogP contribution >= 0.6 is 0 Å². The van der Waals surface area contributed by atoms with Crippen LogP contribution in [0.4, 0.5) is 5.69 Å². The zero-order valence-corrected chi connectivity index (χ0v) is 14.2. The first-order valence-corrected chi connectivity index (χ1v) is 8.27. The third kappa shape index (κ3) is 3.55. The molecule has 0 saturated carbocycles. The molecule has 0 aromatic carbocycles. The first-order valence-electron chi connectivity index (χ1n) is 8.27. The first-order chi connectivity index (χ1) is 12.1. The van der Waals surface area contributed by atoms with Crippen molar-refractivity contribution in [2.24, 2.45) is 7.05 Å². The molecule has 134 valence electrons. The molecule has 3 rings (SSSR count). The van der Waals surface area contributed by atoms with Crippen LogP contribution in [0.1, 0.15) is 42.0 Å². The predicted molar refractivity (Wildman–Crippen MR) is 89.9 cm³/mol. The number of piperidine rings is 1. The smallest absolute Gasteiger partial charge is 0.296 e. The van der Waals surface area contributed by atoms with Crippen molar-refractivity contribution in [1.82, 2.24) is 20.0 Å². The number of rotatable bonds is 5. The molecular weight excluding hydrogens is 326 g/mol. The Kier molecular flexibility index (Phi) is 5.13. The highest BCUT2D eigenvalue weighted by molar-refractivity contribution is 6.04. The fraction of sp³-hybridized carbons (Fsp3) is 0.500. The van der Waals surface area contributed by atoms with Crippen LogP contribution in [-0.2, 0) is 7.05 Å². The molecule has 0 radical (unpaired) electrons. The Labute approximate surface area is 144 Å². The van der Waals surface area contributed by atoms with E-state index in [0.29, 0.717) is 11.5 Å². The molecule has 2 aromatic heterocycles. The molecule has 0 spiro atoms. The van der Waals surface area contributed by atoms with Gasteiger partial charge in [-0.3, -0.25) is 14.2 Å². The number of aromatic nitrogens is 3. The van der Waals surface area contributed by atoms with Gasteiger partial charge in [-0.1, -0.05) is 5.16 Å². The second-order valence-electron chi connectivity index (χ2n) is 5.86. The SMILES string of the molecule is CCOc1c(C(=O)Nc2cnoc2)nc([C@H]2CCCNC2)n(C)c1=O. The first kappa shape index (κ1) is 17.2. The van der Waals surface area contributed by atoms with Crippen molar-refractivity contribution in [2.75, 3.05) is 25.0 Å². The summed E-state index contributed by atoms with van der Waals surface area (Å²) in [4.78, 5) is 29.8. The van der Waals surface area contributed by atoms with Crippen LogP contribution in [0.25, 0.3) is 0 Å². The summed E-state index contributed by atoms with van der Waals surface area (Å²) in [5.74, 6) is 0.0706. The summed E-state index contributed by atoms with van der Waals surface area (Å²) in [5.41, 5.74) is -0.00424. The van der Waals surface area contributed by atoms with Gasteiger partial charge in [0.1, 0.15) is 17.8 Å². The van der Waals surface area contributed by atoms with Crippen LogP contribution in [0.15, 0.2) is 21.8 Å². The number of ether oxygens (including phenoxy) is 1. The number of nitrogens with one attached hydrogen (secondary N) is 2. The Morgan fingerprint density at radius 2 is 2.40 bits per heavy atom. The lowest BCUT2D eigenvalue weighted by molar-refractivity contribution is 0.101. The van der Waals surface area contributed by atoms with Crippen molar-refractivity contribution in [3.8, 4) is 5.75 Å².